The first-order valence-corrected chi connectivity index (χ1v) is 10.2. The third kappa shape index (κ3) is 4.43. The molecule has 0 saturated carbocycles. The Balaban J connectivity index is 1.52. The van der Waals surface area contributed by atoms with Gasteiger partial charge >= 0.3 is 6.09 Å². The van der Waals surface area contributed by atoms with Gasteiger partial charge in [-0.15, -0.1) is 0 Å². The van der Waals surface area contributed by atoms with Crippen molar-refractivity contribution in [2.45, 2.75) is 32.0 Å². The van der Waals surface area contributed by atoms with Gasteiger partial charge in [-0.3, -0.25) is 4.90 Å². The number of hydrogen-bond acceptors (Lipinski definition) is 8. The smallest absolute Gasteiger partial charge is 0.416 e. The zero-order valence-corrected chi connectivity index (χ0v) is 18.1. The van der Waals surface area contributed by atoms with Gasteiger partial charge in [-0.05, 0) is 38.1 Å². The number of anilines is 2. The second-order valence-electron chi connectivity index (χ2n) is 7.10. The second kappa shape index (κ2) is 8.70. The monoisotopic (exact) mass is 463 g/mol. The van der Waals surface area contributed by atoms with Gasteiger partial charge in [0.1, 0.15) is 24.2 Å². The van der Waals surface area contributed by atoms with E-state index >= 15 is 0 Å². The highest BCUT2D eigenvalue weighted by atomic mass is 35.5. The highest BCUT2D eigenvalue weighted by Crippen LogP contribution is 2.31. The van der Waals surface area contributed by atoms with E-state index in [0.717, 1.165) is 0 Å². The van der Waals surface area contributed by atoms with Gasteiger partial charge in [0.15, 0.2) is 5.76 Å². The average Bonchev–Trinajstić information content (AvgIpc) is 3.35. The molecule has 3 aromatic rings. The SMILES string of the molecule is C[C@H](Nc1nccc(N2C(=O)OC[C@@H]2[C@@H](C)O)n1)c1cc(-c2ccc(Cl)cc2Cl)no1. The van der Waals surface area contributed by atoms with E-state index in [4.69, 9.17) is 32.5 Å². The van der Waals surface area contributed by atoms with E-state index in [1.165, 1.54) is 11.1 Å². The fraction of sp³-hybridized carbons (Fsp3) is 0.300. The van der Waals surface area contributed by atoms with E-state index in [-0.39, 0.29) is 18.6 Å². The molecule has 1 saturated heterocycles. The fourth-order valence-electron chi connectivity index (χ4n) is 3.19. The Morgan fingerprint density at radius 1 is 1.26 bits per heavy atom. The van der Waals surface area contributed by atoms with Crippen molar-refractivity contribution in [2.24, 2.45) is 0 Å². The lowest BCUT2D eigenvalue weighted by Crippen LogP contribution is -2.41. The van der Waals surface area contributed by atoms with Crippen molar-refractivity contribution in [1.29, 1.82) is 0 Å². The van der Waals surface area contributed by atoms with Crippen LogP contribution in [0.25, 0.3) is 11.3 Å². The summed E-state index contributed by atoms with van der Waals surface area (Å²) in [6.45, 7) is 3.54. The van der Waals surface area contributed by atoms with Crippen LogP contribution in [0.5, 0.6) is 0 Å². The molecule has 0 unspecified atom stereocenters. The number of nitrogens with one attached hydrogen (secondary N) is 1. The van der Waals surface area contributed by atoms with Crippen LogP contribution >= 0.6 is 23.2 Å². The summed E-state index contributed by atoms with van der Waals surface area (Å²) in [5.74, 6) is 1.14. The number of rotatable bonds is 6. The molecule has 9 nitrogen and oxygen atoms in total. The zero-order chi connectivity index (χ0) is 22.1. The molecular formula is C20H19Cl2N5O4. The Hall–Kier alpha value is -2.88. The van der Waals surface area contributed by atoms with Gasteiger partial charge in [-0.2, -0.15) is 4.98 Å². The van der Waals surface area contributed by atoms with Crippen molar-refractivity contribution in [2.75, 3.05) is 16.8 Å². The molecule has 1 aromatic carbocycles. The first kappa shape index (κ1) is 21.4. The summed E-state index contributed by atoms with van der Waals surface area (Å²) in [6.07, 6.45) is 0.175. The van der Waals surface area contributed by atoms with Crippen LogP contribution in [0.3, 0.4) is 0 Å². The molecule has 0 radical (unpaired) electrons. The quantitative estimate of drug-likeness (QED) is 0.555. The number of nitrogens with zero attached hydrogens (tertiary/aromatic N) is 4. The van der Waals surface area contributed by atoms with Crippen LogP contribution in [0, 0.1) is 0 Å². The molecule has 162 valence electrons. The van der Waals surface area contributed by atoms with Crippen molar-refractivity contribution in [1.82, 2.24) is 15.1 Å². The van der Waals surface area contributed by atoms with Crippen molar-refractivity contribution in [3.05, 3.63) is 52.3 Å². The predicted octanol–water partition coefficient (Wildman–Crippen LogP) is 4.32. The topological polar surface area (TPSA) is 114 Å². The lowest BCUT2D eigenvalue weighted by Gasteiger charge is -2.22. The van der Waals surface area contributed by atoms with Gasteiger partial charge in [-0.1, -0.05) is 28.4 Å². The number of aliphatic hydroxyl groups excluding tert-OH is 1. The first-order chi connectivity index (χ1) is 14.8. The summed E-state index contributed by atoms with van der Waals surface area (Å²) in [5.41, 5.74) is 1.27. The minimum atomic E-state index is -0.774. The largest absolute Gasteiger partial charge is 0.447 e. The summed E-state index contributed by atoms with van der Waals surface area (Å²) >= 11 is 12.2. The van der Waals surface area contributed by atoms with Crippen LogP contribution in [-0.2, 0) is 4.74 Å². The van der Waals surface area contributed by atoms with Crippen molar-refractivity contribution >= 4 is 41.1 Å². The highest BCUT2D eigenvalue weighted by molar-refractivity contribution is 6.36. The number of amides is 1. The van der Waals surface area contributed by atoms with Crippen molar-refractivity contribution in [3.8, 4) is 11.3 Å². The van der Waals surface area contributed by atoms with Gasteiger partial charge in [0.2, 0.25) is 5.95 Å². The Bertz CT molecular complexity index is 1110. The van der Waals surface area contributed by atoms with Crippen LogP contribution in [0.4, 0.5) is 16.6 Å². The Labute approximate surface area is 187 Å². The molecule has 0 bridgehead atoms. The maximum absolute atomic E-state index is 12.1. The number of carbonyl (C=O) groups excluding carboxylic acids is 1. The molecule has 2 N–H and O–H groups in total. The molecule has 1 aliphatic rings. The second-order valence-corrected chi connectivity index (χ2v) is 7.94. The number of carbonyl (C=O) groups is 1. The Morgan fingerprint density at radius 3 is 2.81 bits per heavy atom. The number of halogens is 2. The van der Waals surface area contributed by atoms with Crippen LogP contribution in [0.15, 0.2) is 41.1 Å². The number of ether oxygens (including phenoxy) is 1. The Kier molecular flexibility index (Phi) is 5.99. The van der Waals surface area contributed by atoms with Crippen molar-refractivity contribution in [3.63, 3.8) is 0 Å². The third-order valence-electron chi connectivity index (χ3n) is 4.86. The van der Waals surface area contributed by atoms with Gasteiger partial charge in [0.25, 0.3) is 0 Å². The van der Waals surface area contributed by atoms with E-state index in [9.17, 15) is 9.90 Å². The molecule has 0 spiro atoms. The lowest BCUT2D eigenvalue weighted by molar-refractivity contribution is 0.142. The van der Waals surface area contributed by atoms with E-state index in [2.05, 4.69) is 20.4 Å². The van der Waals surface area contributed by atoms with Crippen LogP contribution in [0.1, 0.15) is 25.6 Å². The summed E-state index contributed by atoms with van der Waals surface area (Å²) in [7, 11) is 0. The molecule has 3 atom stereocenters. The summed E-state index contributed by atoms with van der Waals surface area (Å²) in [4.78, 5) is 22.0. The molecular weight excluding hydrogens is 445 g/mol. The van der Waals surface area contributed by atoms with E-state index in [1.54, 1.807) is 37.3 Å². The van der Waals surface area contributed by atoms with Crippen LogP contribution in [0.2, 0.25) is 10.0 Å². The molecule has 11 heteroatoms. The Morgan fingerprint density at radius 2 is 2.06 bits per heavy atom. The average molecular weight is 464 g/mol. The van der Waals surface area contributed by atoms with Crippen LogP contribution in [-0.4, -0.2) is 45.1 Å². The van der Waals surface area contributed by atoms with E-state index in [0.29, 0.717) is 32.9 Å². The molecule has 4 rings (SSSR count). The number of cyclic esters (lactones) is 1. The number of benzene rings is 1. The molecule has 0 aliphatic carbocycles. The minimum Gasteiger partial charge on any atom is -0.447 e. The van der Waals surface area contributed by atoms with Gasteiger partial charge in [0, 0.05) is 22.8 Å². The third-order valence-corrected chi connectivity index (χ3v) is 5.41. The standard InChI is InChI=1S/C20H19Cl2N5O4/c1-10(17-8-15(26-31-17)13-4-3-12(21)7-14(13)22)24-19-23-6-5-18(25-19)27-16(11(2)28)9-30-20(27)29/h3-8,10-11,16,28H,9H2,1-2H3,(H,23,24,25)/t10-,11+,16+/m0/s1. The molecule has 2 aromatic heterocycles. The molecule has 1 fully saturated rings. The summed E-state index contributed by atoms with van der Waals surface area (Å²) in [6, 6.07) is 7.61. The van der Waals surface area contributed by atoms with Crippen molar-refractivity contribution < 1.29 is 19.2 Å². The van der Waals surface area contributed by atoms with E-state index in [1.807, 2.05) is 6.92 Å². The zero-order valence-electron chi connectivity index (χ0n) is 16.6. The maximum Gasteiger partial charge on any atom is 0.416 e. The molecule has 31 heavy (non-hydrogen) atoms. The van der Waals surface area contributed by atoms with Gasteiger partial charge in [-0.25, -0.2) is 9.78 Å². The fourth-order valence-corrected chi connectivity index (χ4v) is 3.70. The number of aromatic nitrogens is 3. The van der Waals surface area contributed by atoms with Gasteiger partial charge in [0.05, 0.1) is 17.2 Å². The number of hydrogen-bond donors (Lipinski definition) is 2. The first-order valence-electron chi connectivity index (χ1n) is 9.49. The van der Waals surface area contributed by atoms with Crippen LogP contribution < -0.4 is 10.2 Å². The summed E-state index contributed by atoms with van der Waals surface area (Å²) in [5, 5.41) is 18.1. The summed E-state index contributed by atoms with van der Waals surface area (Å²) < 4.78 is 10.5. The predicted molar refractivity (Wildman–Crippen MR) is 115 cm³/mol. The molecule has 1 amide bonds. The normalized spacial score (nSPS) is 18.0. The maximum atomic E-state index is 12.1. The molecule has 1 aliphatic heterocycles. The highest BCUT2D eigenvalue weighted by Gasteiger charge is 2.38. The van der Waals surface area contributed by atoms with Gasteiger partial charge < -0.3 is 19.7 Å². The lowest BCUT2D eigenvalue weighted by atomic mass is 10.1. The minimum absolute atomic E-state index is 0.0910. The number of aliphatic hydroxyl groups is 1. The molecule has 3 heterocycles. The van der Waals surface area contributed by atoms with E-state index < -0.39 is 18.2 Å².